The number of carbonyl (C=O) groups excluding carboxylic acids is 1. The van der Waals surface area contributed by atoms with E-state index >= 15 is 0 Å². The largest absolute Gasteiger partial charge is 0.358 e. The van der Waals surface area contributed by atoms with Crippen molar-refractivity contribution in [1.82, 2.24) is 9.62 Å². The average Bonchev–Trinajstić information content (AvgIpc) is 2.96. The molecule has 21 heavy (non-hydrogen) atoms. The van der Waals surface area contributed by atoms with Gasteiger partial charge in [-0.25, -0.2) is 12.8 Å². The Morgan fingerprint density at radius 2 is 2.24 bits per heavy atom. The molecule has 1 aromatic rings. The number of benzene rings is 1. The molecule has 1 heterocycles. The molecule has 0 spiro atoms. The number of nitrogens with zero attached hydrogens (tertiary/aromatic N) is 2. The van der Waals surface area contributed by atoms with Crippen LogP contribution < -0.4 is 5.32 Å². The summed E-state index contributed by atoms with van der Waals surface area (Å²) in [4.78, 5) is 11.4. The molecule has 1 aliphatic rings. The lowest BCUT2D eigenvalue weighted by molar-refractivity contribution is -0.123. The van der Waals surface area contributed by atoms with E-state index in [0.29, 0.717) is 12.8 Å². The summed E-state index contributed by atoms with van der Waals surface area (Å²) < 4.78 is 39.9. The van der Waals surface area contributed by atoms with Crippen LogP contribution in [0.3, 0.4) is 0 Å². The Morgan fingerprint density at radius 3 is 2.86 bits per heavy atom. The van der Waals surface area contributed by atoms with E-state index in [1.165, 1.54) is 19.2 Å². The highest BCUT2D eigenvalue weighted by Gasteiger charge is 2.40. The number of sulfonamides is 1. The summed E-state index contributed by atoms with van der Waals surface area (Å²) in [6.45, 7) is 0.168. The van der Waals surface area contributed by atoms with Crippen molar-refractivity contribution in [3.63, 3.8) is 0 Å². The van der Waals surface area contributed by atoms with Crippen molar-refractivity contribution in [3.8, 4) is 6.07 Å². The SMILES string of the molecule is CNC(=O)C1CCCN1S(=O)(=O)c1cccc(F)c1C#N. The van der Waals surface area contributed by atoms with Gasteiger partial charge in [-0.1, -0.05) is 6.07 Å². The molecular formula is C13H14FN3O3S. The van der Waals surface area contributed by atoms with Crippen LogP contribution in [0.1, 0.15) is 18.4 Å². The molecule has 1 saturated heterocycles. The van der Waals surface area contributed by atoms with Gasteiger partial charge in [-0.15, -0.1) is 0 Å². The van der Waals surface area contributed by atoms with Gasteiger partial charge in [0.1, 0.15) is 28.4 Å². The van der Waals surface area contributed by atoms with E-state index < -0.39 is 38.2 Å². The number of carbonyl (C=O) groups is 1. The zero-order valence-electron chi connectivity index (χ0n) is 11.3. The highest BCUT2D eigenvalue weighted by molar-refractivity contribution is 7.89. The average molecular weight is 311 g/mol. The molecule has 1 amide bonds. The zero-order valence-corrected chi connectivity index (χ0v) is 12.2. The summed E-state index contributed by atoms with van der Waals surface area (Å²) in [7, 11) is -2.67. The fraction of sp³-hybridized carbons (Fsp3) is 0.385. The summed E-state index contributed by atoms with van der Waals surface area (Å²) in [5, 5.41) is 11.4. The molecule has 8 heteroatoms. The van der Waals surface area contributed by atoms with Crippen molar-refractivity contribution in [1.29, 1.82) is 5.26 Å². The number of nitriles is 1. The highest BCUT2D eigenvalue weighted by atomic mass is 32.2. The van der Waals surface area contributed by atoms with Gasteiger partial charge < -0.3 is 5.32 Å². The van der Waals surface area contributed by atoms with Gasteiger partial charge in [-0.3, -0.25) is 4.79 Å². The van der Waals surface area contributed by atoms with Crippen LogP contribution in [0.5, 0.6) is 0 Å². The van der Waals surface area contributed by atoms with Crippen LogP contribution in [-0.2, 0) is 14.8 Å². The number of rotatable bonds is 3. The number of nitrogens with one attached hydrogen (secondary N) is 1. The van der Waals surface area contributed by atoms with Crippen molar-refractivity contribution in [2.24, 2.45) is 0 Å². The predicted molar refractivity (Wildman–Crippen MR) is 72.1 cm³/mol. The lowest BCUT2D eigenvalue weighted by Crippen LogP contribution is -2.45. The van der Waals surface area contributed by atoms with Gasteiger partial charge in [0, 0.05) is 13.6 Å². The van der Waals surface area contributed by atoms with Crippen molar-refractivity contribution >= 4 is 15.9 Å². The van der Waals surface area contributed by atoms with E-state index in [-0.39, 0.29) is 6.54 Å². The summed E-state index contributed by atoms with van der Waals surface area (Å²) in [5.41, 5.74) is -0.528. The smallest absolute Gasteiger partial charge is 0.245 e. The molecule has 112 valence electrons. The molecule has 1 aliphatic heterocycles. The van der Waals surface area contributed by atoms with Gasteiger partial charge in [0.2, 0.25) is 15.9 Å². The zero-order chi connectivity index (χ0) is 15.6. The van der Waals surface area contributed by atoms with Crippen molar-refractivity contribution in [3.05, 3.63) is 29.6 Å². The van der Waals surface area contributed by atoms with Crippen LogP contribution in [0.2, 0.25) is 0 Å². The first-order valence-corrected chi connectivity index (χ1v) is 7.79. The molecule has 0 aromatic heterocycles. The lowest BCUT2D eigenvalue weighted by atomic mass is 10.2. The van der Waals surface area contributed by atoms with Crippen LogP contribution >= 0.6 is 0 Å². The molecule has 0 radical (unpaired) electrons. The molecule has 0 aliphatic carbocycles. The van der Waals surface area contributed by atoms with Crippen molar-refractivity contribution in [2.45, 2.75) is 23.8 Å². The first-order chi connectivity index (χ1) is 9.93. The summed E-state index contributed by atoms with van der Waals surface area (Å²) in [6, 6.07) is 4.18. The van der Waals surface area contributed by atoms with E-state index in [1.807, 2.05) is 0 Å². The van der Waals surface area contributed by atoms with E-state index in [2.05, 4.69) is 5.32 Å². The van der Waals surface area contributed by atoms with Crippen molar-refractivity contribution in [2.75, 3.05) is 13.6 Å². The maximum absolute atomic E-state index is 13.6. The summed E-state index contributed by atoms with van der Waals surface area (Å²) in [5.74, 6) is -1.31. The molecule has 1 unspecified atom stereocenters. The molecular weight excluding hydrogens is 297 g/mol. The summed E-state index contributed by atoms with van der Waals surface area (Å²) in [6.07, 6.45) is 0.935. The molecule has 1 aromatic carbocycles. The van der Waals surface area contributed by atoms with Crippen LogP contribution in [0.15, 0.2) is 23.1 Å². The van der Waals surface area contributed by atoms with Gasteiger partial charge in [0.15, 0.2) is 0 Å². The molecule has 1 fully saturated rings. The Morgan fingerprint density at radius 1 is 1.52 bits per heavy atom. The fourth-order valence-electron chi connectivity index (χ4n) is 2.41. The number of amides is 1. The Labute approximate surface area is 122 Å². The van der Waals surface area contributed by atoms with Gasteiger partial charge in [0.05, 0.1) is 0 Å². The maximum atomic E-state index is 13.6. The second-order valence-corrected chi connectivity index (χ2v) is 6.47. The van der Waals surface area contributed by atoms with E-state index in [0.717, 1.165) is 10.4 Å². The van der Waals surface area contributed by atoms with Crippen molar-refractivity contribution < 1.29 is 17.6 Å². The fourth-order valence-corrected chi connectivity index (χ4v) is 4.22. The third-order valence-electron chi connectivity index (χ3n) is 3.43. The van der Waals surface area contributed by atoms with Crippen LogP contribution in [-0.4, -0.2) is 38.3 Å². The predicted octanol–water partition coefficient (Wildman–Crippen LogP) is 0.596. The topological polar surface area (TPSA) is 90.3 Å². The molecule has 6 nitrogen and oxygen atoms in total. The normalized spacial score (nSPS) is 19.2. The first-order valence-electron chi connectivity index (χ1n) is 6.35. The number of likely N-dealkylation sites (N-methyl/N-ethyl adjacent to an activating group) is 1. The number of halogens is 1. The first kappa shape index (κ1) is 15.4. The Kier molecular flexibility index (Phi) is 4.25. The maximum Gasteiger partial charge on any atom is 0.245 e. The van der Waals surface area contributed by atoms with Gasteiger partial charge in [0.25, 0.3) is 0 Å². The Bertz CT molecular complexity index is 712. The second kappa shape index (κ2) is 5.79. The number of hydrogen-bond donors (Lipinski definition) is 1. The standard InChI is InChI=1S/C13H14FN3O3S/c1-16-13(18)11-5-3-7-17(11)21(19,20)12-6-2-4-10(14)9(12)8-15/h2,4,6,11H,3,5,7H2,1H3,(H,16,18). The quantitative estimate of drug-likeness (QED) is 0.885. The number of hydrogen-bond acceptors (Lipinski definition) is 4. The summed E-state index contributed by atoms with van der Waals surface area (Å²) >= 11 is 0. The Hall–Kier alpha value is -1.98. The van der Waals surface area contributed by atoms with Crippen LogP contribution in [0.4, 0.5) is 4.39 Å². The van der Waals surface area contributed by atoms with E-state index in [9.17, 15) is 17.6 Å². The molecule has 1 atom stereocenters. The molecule has 1 N–H and O–H groups in total. The van der Waals surface area contributed by atoms with Crippen LogP contribution in [0.25, 0.3) is 0 Å². The minimum Gasteiger partial charge on any atom is -0.358 e. The van der Waals surface area contributed by atoms with Gasteiger partial charge >= 0.3 is 0 Å². The second-order valence-electron chi connectivity index (χ2n) is 4.61. The molecule has 0 bridgehead atoms. The van der Waals surface area contributed by atoms with Gasteiger partial charge in [-0.2, -0.15) is 9.57 Å². The highest BCUT2D eigenvalue weighted by Crippen LogP contribution is 2.28. The Balaban J connectivity index is 2.51. The van der Waals surface area contributed by atoms with E-state index in [1.54, 1.807) is 6.07 Å². The van der Waals surface area contributed by atoms with Crippen LogP contribution in [0, 0.1) is 17.1 Å². The molecule has 2 rings (SSSR count). The van der Waals surface area contributed by atoms with Gasteiger partial charge in [-0.05, 0) is 25.0 Å². The third kappa shape index (κ3) is 2.62. The monoisotopic (exact) mass is 311 g/mol. The molecule has 0 saturated carbocycles. The lowest BCUT2D eigenvalue weighted by Gasteiger charge is -2.23. The minimum atomic E-state index is -4.10. The third-order valence-corrected chi connectivity index (χ3v) is 5.38. The van der Waals surface area contributed by atoms with E-state index in [4.69, 9.17) is 5.26 Å². The minimum absolute atomic E-state index is 0.168.